The molecule has 0 saturated carbocycles. The average molecular weight is 567 g/mol. The maximum atomic E-state index is 13.6. The number of hydrogen-bond acceptors (Lipinski definition) is 7. The van der Waals surface area contributed by atoms with Crippen molar-refractivity contribution in [1.82, 2.24) is 14.7 Å². The number of carbonyl (C=O) groups is 1. The van der Waals surface area contributed by atoms with Crippen LogP contribution in [0.1, 0.15) is 23.1 Å². The lowest BCUT2D eigenvalue weighted by Gasteiger charge is -2.36. The molecule has 2 aliphatic heterocycles. The van der Waals surface area contributed by atoms with E-state index >= 15 is 0 Å². The molecule has 0 bridgehead atoms. The molecule has 1 amide bonds. The van der Waals surface area contributed by atoms with Crippen LogP contribution in [0.2, 0.25) is 0 Å². The van der Waals surface area contributed by atoms with Gasteiger partial charge >= 0.3 is 0 Å². The quantitative estimate of drug-likeness (QED) is 0.322. The Kier molecular flexibility index (Phi) is 8.01. The van der Waals surface area contributed by atoms with Crippen LogP contribution in [0.3, 0.4) is 0 Å². The zero-order chi connectivity index (χ0) is 29.1. The van der Waals surface area contributed by atoms with E-state index in [2.05, 4.69) is 56.6 Å². The maximum Gasteiger partial charge on any atom is 0.227 e. The second-order valence-electron chi connectivity index (χ2n) is 10.9. The molecule has 0 spiro atoms. The summed E-state index contributed by atoms with van der Waals surface area (Å²) >= 11 is 0. The van der Waals surface area contributed by atoms with Crippen molar-refractivity contribution >= 4 is 28.8 Å². The van der Waals surface area contributed by atoms with Crippen LogP contribution in [0.15, 0.2) is 72.9 Å². The van der Waals surface area contributed by atoms with E-state index < -0.39 is 0 Å². The van der Waals surface area contributed by atoms with E-state index in [0.717, 1.165) is 67.0 Å². The van der Waals surface area contributed by atoms with Gasteiger partial charge in [-0.2, -0.15) is 5.10 Å². The smallest absolute Gasteiger partial charge is 0.227 e. The van der Waals surface area contributed by atoms with Crippen LogP contribution >= 0.6 is 0 Å². The van der Waals surface area contributed by atoms with Crippen molar-refractivity contribution < 1.29 is 14.3 Å². The lowest BCUT2D eigenvalue weighted by atomic mass is 10.1. The van der Waals surface area contributed by atoms with Crippen molar-refractivity contribution in [2.45, 2.75) is 25.9 Å². The number of rotatable bonds is 8. The highest BCUT2D eigenvalue weighted by Crippen LogP contribution is 2.36. The number of benzene rings is 3. The van der Waals surface area contributed by atoms with Gasteiger partial charge in [0.15, 0.2) is 0 Å². The first-order valence-electron chi connectivity index (χ1n) is 14.5. The highest BCUT2D eigenvalue weighted by molar-refractivity contribution is 5.98. The predicted molar refractivity (Wildman–Crippen MR) is 166 cm³/mol. The molecule has 42 heavy (non-hydrogen) atoms. The van der Waals surface area contributed by atoms with Crippen LogP contribution in [0.5, 0.6) is 11.5 Å². The molecule has 3 aromatic carbocycles. The third-order valence-corrected chi connectivity index (χ3v) is 8.18. The number of aromatic nitrogens is 2. The van der Waals surface area contributed by atoms with Crippen LogP contribution in [0.4, 0.5) is 22.9 Å². The molecule has 1 fully saturated rings. The minimum atomic E-state index is 0.106. The minimum absolute atomic E-state index is 0.106. The lowest BCUT2D eigenvalue weighted by Crippen LogP contribution is -2.46. The molecule has 4 aromatic rings. The predicted octanol–water partition coefficient (Wildman–Crippen LogP) is 4.98. The molecular formula is C33H38N6O3. The summed E-state index contributed by atoms with van der Waals surface area (Å²) in [6.45, 7) is 5.21. The summed E-state index contributed by atoms with van der Waals surface area (Å²) in [5, 5.41) is 7.86. The number of anilines is 4. The molecule has 0 aliphatic carbocycles. The van der Waals surface area contributed by atoms with Gasteiger partial charge in [0.2, 0.25) is 5.91 Å². The molecule has 1 N–H and O–H groups in total. The second-order valence-corrected chi connectivity index (χ2v) is 10.9. The van der Waals surface area contributed by atoms with Crippen LogP contribution in [0.25, 0.3) is 0 Å². The molecule has 0 radical (unpaired) electrons. The topological polar surface area (TPSA) is 75.1 Å². The molecule has 218 valence electrons. The number of nitrogens with one attached hydrogen (secondary N) is 1. The maximum absolute atomic E-state index is 13.6. The molecule has 2 aliphatic rings. The van der Waals surface area contributed by atoms with Gasteiger partial charge in [-0.1, -0.05) is 24.3 Å². The SMILES string of the molecule is COc1cc(CN2CCN(c3cccc(CCC(=O)N4Cc5cnn(C)c5Nc5ccccc54)c3)CC2)cc(OC)c1. The van der Waals surface area contributed by atoms with E-state index in [1.165, 1.54) is 16.8 Å². The van der Waals surface area contributed by atoms with E-state index in [4.69, 9.17) is 9.47 Å². The van der Waals surface area contributed by atoms with Gasteiger partial charge in [0, 0.05) is 63.5 Å². The fraction of sp³-hybridized carbons (Fsp3) is 0.333. The summed E-state index contributed by atoms with van der Waals surface area (Å²) in [6, 6.07) is 22.7. The standard InChI is InChI=1S/C33H38N6O3/c1-36-33-26(21-34-36)23-39(31-10-5-4-9-30(31)35-33)32(40)12-11-24-7-6-8-27(17-24)38-15-13-37(14-16-38)22-25-18-28(41-2)20-29(19-25)42-3/h4-10,17-21,35H,11-16,22-23H2,1-3H3. The van der Waals surface area contributed by atoms with Gasteiger partial charge in [-0.15, -0.1) is 0 Å². The first-order chi connectivity index (χ1) is 20.5. The number of fused-ring (bicyclic) bond motifs is 2. The number of piperazine rings is 1. The van der Waals surface area contributed by atoms with E-state index in [0.29, 0.717) is 19.4 Å². The molecule has 0 atom stereocenters. The zero-order valence-electron chi connectivity index (χ0n) is 24.5. The number of amides is 1. The van der Waals surface area contributed by atoms with Crippen molar-refractivity contribution in [2.75, 3.05) is 55.5 Å². The monoisotopic (exact) mass is 566 g/mol. The van der Waals surface area contributed by atoms with Crippen molar-refractivity contribution in [3.05, 3.63) is 89.6 Å². The number of hydrogen-bond donors (Lipinski definition) is 1. The Morgan fingerprint density at radius 3 is 2.43 bits per heavy atom. The number of nitrogens with zero attached hydrogens (tertiary/aromatic N) is 5. The highest BCUT2D eigenvalue weighted by Gasteiger charge is 2.26. The first kappa shape index (κ1) is 27.7. The molecule has 9 heteroatoms. The summed E-state index contributed by atoms with van der Waals surface area (Å²) in [6.07, 6.45) is 2.97. The fourth-order valence-corrected chi connectivity index (χ4v) is 5.86. The molecule has 9 nitrogen and oxygen atoms in total. The van der Waals surface area contributed by atoms with Gasteiger partial charge in [0.1, 0.15) is 17.3 Å². The number of para-hydroxylation sites is 2. The van der Waals surface area contributed by atoms with Crippen LogP contribution < -0.4 is 24.6 Å². The van der Waals surface area contributed by atoms with Crippen molar-refractivity contribution in [2.24, 2.45) is 7.05 Å². The van der Waals surface area contributed by atoms with Gasteiger partial charge in [0.25, 0.3) is 0 Å². The molecule has 0 unspecified atom stereocenters. The molecule has 3 heterocycles. The second kappa shape index (κ2) is 12.2. The van der Waals surface area contributed by atoms with Gasteiger partial charge in [-0.25, -0.2) is 0 Å². The third kappa shape index (κ3) is 5.92. The number of aryl methyl sites for hydroxylation is 2. The normalized spacial score (nSPS) is 14.9. The van der Waals surface area contributed by atoms with Gasteiger partial charge in [-0.3, -0.25) is 14.4 Å². The lowest BCUT2D eigenvalue weighted by molar-refractivity contribution is -0.118. The number of methoxy groups -OCH3 is 2. The van der Waals surface area contributed by atoms with Gasteiger partial charge in [0.05, 0.1) is 38.3 Å². The molecule has 1 saturated heterocycles. The third-order valence-electron chi connectivity index (χ3n) is 8.18. The highest BCUT2D eigenvalue weighted by atomic mass is 16.5. The largest absolute Gasteiger partial charge is 0.497 e. The Morgan fingerprint density at radius 1 is 0.905 bits per heavy atom. The van der Waals surface area contributed by atoms with E-state index in [1.807, 2.05) is 53.2 Å². The Balaban J connectivity index is 1.07. The molecule has 6 rings (SSSR count). The molecule has 1 aromatic heterocycles. The Labute approximate surface area is 247 Å². The average Bonchev–Trinajstić information content (AvgIpc) is 3.27. The van der Waals surface area contributed by atoms with Crippen LogP contribution in [-0.4, -0.2) is 61.0 Å². The van der Waals surface area contributed by atoms with Crippen molar-refractivity contribution in [1.29, 1.82) is 0 Å². The summed E-state index contributed by atoms with van der Waals surface area (Å²) in [5.74, 6) is 2.66. The summed E-state index contributed by atoms with van der Waals surface area (Å²) < 4.78 is 12.7. The fourth-order valence-electron chi connectivity index (χ4n) is 5.86. The van der Waals surface area contributed by atoms with Crippen LogP contribution in [0, 0.1) is 0 Å². The molecular weight excluding hydrogens is 528 g/mol. The number of carbonyl (C=O) groups excluding carboxylic acids is 1. The van der Waals surface area contributed by atoms with Crippen molar-refractivity contribution in [3.63, 3.8) is 0 Å². The summed E-state index contributed by atoms with van der Waals surface area (Å²) in [4.78, 5) is 20.4. The van der Waals surface area contributed by atoms with E-state index in [9.17, 15) is 4.79 Å². The zero-order valence-corrected chi connectivity index (χ0v) is 24.5. The van der Waals surface area contributed by atoms with E-state index in [1.54, 1.807) is 14.2 Å². The van der Waals surface area contributed by atoms with Crippen LogP contribution in [-0.2, 0) is 31.4 Å². The Hall–Kier alpha value is -4.50. The Morgan fingerprint density at radius 2 is 1.67 bits per heavy atom. The minimum Gasteiger partial charge on any atom is -0.497 e. The number of ether oxygens (including phenoxy) is 2. The van der Waals surface area contributed by atoms with Gasteiger partial charge < -0.3 is 24.6 Å². The summed E-state index contributed by atoms with van der Waals surface area (Å²) in [5.41, 5.74) is 6.40. The van der Waals surface area contributed by atoms with Crippen molar-refractivity contribution in [3.8, 4) is 11.5 Å². The van der Waals surface area contributed by atoms with E-state index in [-0.39, 0.29) is 5.91 Å². The first-order valence-corrected chi connectivity index (χ1v) is 14.5. The summed E-state index contributed by atoms with van der Waals surface area (Å²) in [7, 11) is 5.28. The van der Waals surface area contributed by atoms with Gasteiger partial charge in [-0.05, 0) is 53.9 Å². The Bertz CT molecular complexity index is 1540.